The van der Waals surface area contributed by atoms with Crippen molar-refractivity contribution in [1.29, 1.82) is 0 Å². The Labute approximate surface area is 165 Å². The van der Waals surface area contributed by atoms with Gasteiger partial charge in [0.1, 0.15) is 0 Å². The number of rotatable bonds is 5. The number of esters is 1. The van der Waals surface area contributed by atoms with Crippen LogP contribution in [-0.4, -0.2) is 42.1 Å². The third kappa shape index (κ3) is 3.62. The van der Waals surface area contributed by atoms with Gasteiger partial charge in [-0.1, -0.05) is 6.07 Å². The molecule has 0 atom stereocenters. The summed E-state index contributed by atoms with van der Waals surface area (Å²) in [6.45, 7) is 2.12. The Morgan fingerprint density at radius 3 is 2.72 bits per heavy atom. The van der Waals surface area contributed by atoms with Crippen LogP contribution in [0.15, 0.2) is 53.8 Å². The number of fused-ring (bicyclic) bond motifs is 1. The fraction of sp³-hybridized carbons (Fsp3) is 0.200. The number of hydrogen-bond acceptors (Lipinski definition) is 7. The van der Waals surface area contributed by atoms with Crippen molar-refractivity contribution in [2.24, 2.45) is 7.05 Å². The van der Waals surface area contributed by atoms with E-state index >= 15 is 0 Å². The van der Waals surface area contributed by atoms with E-state index < -0.39 is 11.4 Å². The summed E-state index contributed by atoms with van der Waals surface area (Å²) >= 11 is 0. The van der Waals surface area contributed by atoms with Gasteiger partial charge in [-0.2, -0.15) is 10.2 Å². The van der Waals surface area contributed by atoms with E-state index in [0.717, 1.165) is 16.8 Å². The highest BCUT2D eigenvalue weighted by Gasteiger charge is 2.19. The van der Waals surface area contributed by atoms with Gasteiger partial charge in [0.2, 0.25) is 11.1 Å². The van der Waals surface area contributed by atoms with Crippen LogP contribution in [0.1, 0.15) is 23.0 Å². The van der Waals surface area contributed by atoms with Crippen LogP contribution in [0, 0.1) is 0 Å². The van der Waals surface area contributed by atoms with Gasteiger partial charge in [-0.3, -0.25) is 14.5 Å². The molecule has 4 aromatic rings. The molecule has 0 fully saturated rings. The molecule has 0 N–H and O–H groups in total. The SMILES string of the molecule is CCOC(=O)c1nn(Cc2ccc(-c3cnn(C)c3)nc2)c2ncccc2c1=O. The zero-order valence-electron chi connectivity index (χ0n) is 15.9. The van der Waals surface area contributed by atoms with Gasteiger partial charge in [-0.25, -0.2) is 14.5 Å². The first kappa shape index (κ1) is 18.5. The summed E-state index contributed by atoms with van der Waals surface area (Å²) in [5, 5.41) is 8.68. The molecule has 0 aromatic carbocycles. The quantitative estimate of drug-likeness (QED) is 0.479. The first-order valence-corrected chi connectivity index (χ1v) is 9.03. The van der Waals surface area contributed by atoms with Crippen molar-refractivity contribution in [3.05, 3.63) is 70.5 Å². The molecule has 9 heteroatoms. The van der Waals surface area contributed by atoms with Gasteiger partial charge in [0.05, 0.1) is 30.4 Å². The van der Waals surface area contributed by atoms with Crippen LogP contribution in [0.4, 0.5) is 0 Å². The van der Waals surface area contributed by atoms with Gasteiger partial charge in [0, 0.05) is 31.2 Å². The van der Waals surface area contributed by atoms with E-state index in [0.29, 0.717) is 17.6 Å². The van der Waals surface area contributed by atoms with E-state index in [-0.39, 0.29) is 12.3 Å². The molecule has 0 spiro atoms. The molecule has 0 unspecified atom stereocenters. The van der Waals surface area contributed by atoms with Crippen molar-refractivity contribution in [2.45, 2.75) is 13.5 Å². The van der Waals surface area contributed by atoms with E-state index in [1.807, 2.05) is 25.4 Å². The van der Waals surface area contributed by atoms with Crippen molar-refractivity contribution in [1.82, 2.24) is 29.5 Å². The number of pyridine rings is 2. The minimum atomic E-state index is -0.748. The normalized spacial score (nSPS) is 11.0. The van der Waals surface area contributed by atoms with Crippen LogP contribution in [0.25, 0.3) is 22.3 Å². The topological polar surface area (TPSA) is 105 Å². The highest BCUT2D eigenvalue weighted by molar-refractivity contribution is 5.90. The van der Waals surface area contributed by atoms with Crippen molar-refractivity contribution >= 4 is 17.0 Å². The van der Waals surface area contributed by atoms with Crippen LogP contribution in [0.3, 0.4) is 0 Å². The molecule has 4 heterocycles. The van der Waals surface area contributed by atoms with E-state index in [1.54, 1.807) is 42.3 Å². The first-order valence-electron chi connectivity index (χ1n) is 9.03. The summed E-state index contributed by atoms with van der Waals surface area (Å²) in [5.74, 6) is -0.748. The van der Waals surface area contributed by atoms with Gasteiger partial charge in [-0.05, 0) is 30.7 Å². The zero-order valence-corrected chi connectivity index (χ0v) is 15.9. The second-order valence-corrected chi connectivity index (χ2v) is 6.38. The van der Waals surface area contributed by atoms with Crippen molar-refractivity contribution in [3.63, 3.8) is 0 Å². The van der Waals surface area contributed by atoms with Crippen LogP contribution in [0.5, 0.6) is 0 Å². The number of aromatic nitrogens is 6. The maximum absolute atomic E-state index is 12.6. The molecule has 0 saturated carbocycles. The Morgan fingerprint density at radius 2 is 2.03 bits per heavy atom. The van der Waals surface area contributed by atoms with Crippen LogP contribution in [-0.2, 0) is 18.3 Å². The number of carbonyl (C=O) groups is 1. The maximum Gasteiger partial charge on any atom is 0.362 e. The van der Waals surface area contributed by atoms with E-state index in [9.17, 15) is 9.59 Å². The summed E-state index contributed by atoms with van der Waals surface area (Å²) in [4.78, 5) is 33.5. The highest BCUT2D eigenvalue weighted by Crippen LogP contribution is 2.16. The number of hydrogen-bond donors (Lipinski definition) is 0. The lowest BCUT2D eigenvalue weighted by Crippen LogP contribution is -2.25. The van der Waals surface area contributed by atoms with Gasteiger partial charge in [0.15, 0.2) is 5.65 Å². The smallest absolute Gasteiger partial charge is 0.362 e. The summed E-state index contributed by atoms with van der Waals surface area (Å²) in [7, 11) is 1.85. The van der Waals surface area contributed by atoms with Crippen LogP contribution < -0.4 is 5.43 Å². The molecule has 0 amide bonds. The largest absolute Gasteiger partial charge is 0.461 e. The Kier molecular flexibility index (Phi) is 4.86. The second kappa shape index (κ2) is 7.63. The zero-order chi connectivity index (χ0) is 20.4. The van der Waals surface area contributed by atoms with Gasteiger partial charge in [-0.15, -0.1) is 0 Å². The van der Waals surface area contributed by atoms with E-state index in [2.05, 4.69) is 20.2 Å². The van der Waals surface area contributed by atoms with Crippen molar-refractivity contribution < 1.29 is 9.53 Å². The molecule has 0 bridgehead atoms. The van der Waals surface area contributed by atoms with Crippen molar-refractivity contribution in [2.75, 3.05) is 6.61 Å². The Bertz CT molecular complexity index is 1240. The first-order chi connectivity index (χ1) is 14.1. The minimum absolute atomic E-state index is 0.157. The minimum Gasteiger partial charge on any atom is -0.461 e. The van der Waals surface area contributed by atoms with Crippen LogP contribution >= 0.6 is 0 Å². The molecule has 146 valence electrons. The molecule has 29 heavy (non-hydrogen) atoms. The lowest BCUT2D eigenvalue weighted by atomic mass is 10.2. The molecule has 0 aliphatic rings. The average molecular weight is 390 g/mol. The molecule has 0 radical (unpaired) electrons. The molecule has 9 nitrogen and oxygen atoms in total. The second-order valence-electron chi connectivity index (χ2n) is 6.38. The fourth-order valence-corrected chi connectivity index (χ4v) is 2.98. The molecule has 0 aliphatic heterocycles. The number of ether oxygens (including phenoxy) is 1. The third-order valence-electron chi connectivity index (χ3n) is 4.34. The average Bonchev–Trinajstić information content (AvgIpc) is 3.17. The summed E-state index contributed by atoms with van der Waals surface area (Å²) < 4.78 is 8.20. The van der Waals surface area contributed by atoms with E-state index in [4.69, 9.17) is 4.74 Å². The van der Waals surface area contributed by atoms with Gasteiger partial charge in [0.25, 0.3) is 0 Å². The molecule has 4 aromatic heterocycles. The van der Waals surface area contributed by atoms with Gasteiger partial charge < -0.3 is 4.74 Å². The summed E-state index contributed by atoms with van der Waals surface area (Å²) in [6.07, 6.45) is 6.93. The molecule has 0 aliphatic carbocycles. The fourth-order valence-electron chi connectivity index (χ4n) is 2.98. The number of nitrogens with zero attached hydrogens (tertiary/aromatic N) is 6. The molecule has 4 rings (SSSR count). The van der Waals surface area contributed by atoms with Crippen molar-refractivity contribution in [3.8, 4) is 11.3 Å². The third-order valence-corrected chi connectivity index (χ3v) is 4.34. The maximum atomic E-state index is 12.6. The predicted octanol–water partition coefficient (Wildman–Crippen LogP) is 1.81. The van der Waals surface area contributed by atoms with Crippen LogP contribution in [0.2, 0.25) is 0 Å². The summed E-state index contributed by atoms with van der Waals surface area (Å²) in [6, 6.07) is 7.06. The molecular weight excluding hydrogens is 372 g/mol. The Hall–Kier alpha value is -3.88. The Morgan fingerprint density at radius 1 is 1.17 bits per heavy atom. The lowest BCUT2D eigenvalue weighted by molar-refractivity contribution is 0.0515. The standard InChI is InChI=1S/C20H18N6O3/c1-3-29-20(28)17-18(27)15-5-4-8-21-19(15)26(24-17)11-13-6-7-16(22-9-13)14-10-23-25(2)12-14/h4-10,12H,3,11H2,1-2H3. The molecule has 0 saturated heterocycles. The lowest BCUT2D eigenvalue weighted by Gasteiger charge is -2.11. The Balaban J connectivity index is 1.72. The van der Waals surface area contributed by atoms with E-state index in [1.165, 1.54) is 4.68 Å². The highest BCUT2D eigenvalue weighted by atomic mass is 16.5. The molecular formula is C20H18N6O3. The van der Waals surface area contributed by atoms with Gasteiger partial charge >= 0.3 is 5.97 Å². The summed E-state index contributed by atoms with van der Waals surface area (Å²) in [5.41, 5.74) is 2.19. The monoisotopic (exact) mass is 390 g/mol. The number of carbonyl (C=O) groups excluding carboxylic acids is 1. The number of aryl methyl sites for hydroxylation is 1. The predicted molar refractivity (Wildman–Crippen MR) is 105 cm³/mol.